The molecule has 0 atom stereocenters. The molecule has 0 unspecified atom stereocenters. The molecule has 0 N–H and O–H groups in total. The van der Waals surface area contributed by atoms with Gasteiger partial charge in [0, 0.05) is 33.0 Å². The monoisotopic (exact) mass is 601 g/mol. The summed E-state index contributed by atoms with van der Waals surface area (Å²) in [6.07, 6.45) is 0. The fourth-order valence-corrected chi connectivity index (χ4v) is 6.35. The van der Waals surface area contributed by atoms with Gasteiger partial charge in [0.25, 0.3) is 0 Å². The van der Waals surface area contributed by atoms with E-state index in [1.54, 1.807) is 0 Å². The second-order valence-corrected chi connectivity index (χ2v) is 11.6. The van der Waals surface area contributed by atoms with E-state index in [1.165, 1.54) is 0 Å². The van der Waals surface area contributed by atoms with Gasteiger partial charge in [0.2, 0.25) is 0 Å². The van der Waals surface area contributed by atoms with Crippen LogP contribution in [-0.2, 0) is 0 Å². The summed E-state index contributed by atoms with van der Waals surface area (Å²) in [5, 5.41) is 3.07. The maximum absolute atomic E-state index is 6.57. The van der Waals surface area contributed by atoms with Crippen molar-refractivity contribution in [1.29, 1.82) is 0 Å². The van der Waals surface area contributed by atoms with Crippen LogP contribution in [-0.4, -0.2) is 15.0 Å². The van der Waals surface area contributed by atoms with Crippen LogP contribution in [0.25, 0.3) is 89.1 Å². The van der Waals surface area contributed by atoms with Gasteiger partial charge < -0.3 is 4.42 Å². The molecule has 47 heavy (non-hydrogen) atoms. The molecule has 0 aliphatic carbocycles. The molecule has 4 heteroatoms. The standard InChI is InChI=1S/C43H27N3O/c1-4-12-28(13-5-1)33-24-25-36-35(26-33)42-40(34-18-10-11-19-39(34)47-42)41(44-36)31-22-20-30(21-23-31)38-27-37(29-14-6-2-7-15-29)45-43(46-38)32-16-8-3-9-17-32/h1-27H. The highest BCUT2D eigenvalue weighted by Gasteiger charge is 2.19. The van der Waals surface area contributed by atoms with Crippen molar-refractivity contribution in [3.05, 3.63) is 164 Å². The molecular formula is C43H27N3O. The number of fused-ring (bicyclic) bond motifs is 5. The molecule has 9 rings (SSSR count). The third kappa shape index (κ3) is 4.84. The third-order valence-electron chi connectivity index (χ3n) is 8.69. The lowest BCUT2D eigenvalue weighted by Crippen LogP contribution is -1.96. The Kier molecular flexibility index (Phi) is 6.43. The van der Waals surface area contributed by atoms with Crippen molar-refractivity contribution in [3.63, 3.8) is 0 Å². The molecule has 0 amide bonds. The van der Waals surface area contributed by atoms with Crippen LogP contribution in [0, 0.1) is 0 Å². The number of pyridine rings is 1. The molecule has 0 aliphatic heterocycles. The van der Waals surface area contributed by atoms with E-state index >= 15 is 0 Å². The SMILES string of the molecule is c1ccc(-c2ccc3nc(-c4ccc(-c5cc(-c6ccccc6)nc(-c6ccccc6)n5)cc4)c4c5ccccc5oc4c3c2)cc1. The number of hydrogen-bond acceptors (Lipinski definition) is 4. The van der Waals surface area contributed by atoms with E-state index in [1.807, 2.05) is 66.7 Å². The van der Waals surface area contributed by atoms with Crippen LogP contribution in [0.2, 0.25) is 0 Å². The number of hydrogen-bond donors (Lipinski definition) is 0. The van der Waals surface area contributed by atoms with Gasteiger partial charge in [0.05, 0.1) is 28.0 Å². The maximum Gasteiger partial charge on any atom is 0.160 e. The van der Waals surface area contributed by atoms with E-state index in [0.717, 1.165) is 83.3 Å². The van der Waals surface area contributed by atoms with Gasteiger partial charge in [-0.05, 0) is 35.4 Å². The molecule has 3 heterocycles. The summed E-state index contributed by atoms with van der Waals surface area (Å²) < 4.78 is 6.57. The highest BCUT2D eigenvalue weighted by molar-refractivity contribution is 6.19. The van der Waals surface area contributed by atoms with Gasteiger partial charge in [0.15, 0.2) is 5.82 Å². The van der Waals surface area contributed by atoms with Gasteiger partial charge in [-0.1, -0.05) is 140 Å². The van der Waals surface area contributed by atoms with Crippen LogP contribution in [0.1, 0.15) is 0 Å². The minimum absolute atomic E-state index is 0.698. The highest BCUT2D eigenvalue weighted by atomic mass is 16.3. The quantitative estimate of drug-likeness (QED) is 0.197. The predicted octanol–water partition coefficient (Wildman–Crippen LogP) is 11.3. The second-order valence-electron chi connectivity index (χ2n) is 11.6. The Morgan fingerprint density at radius 1 is 0.383 bits per heavy atom. The van der Waals surface area contributed by atoms with Crippen molar-refractivity contribution in [2.24, 2.45) is 0 Å². The molecule has 6 aromatic carbocycles. The van der Waals surface area contributed by atoms with E-state index < -0.39 is 0 Å². The van der Waals surface area contributed by atoms with Crippen molar-refractivity contribution >= 4 is 32.8 Å². The van der Waals surface area contributed by atoms with E-state index in [9.17, 15) is 0 Å². The molecule has 9 aromatic rings. The summed E-state index contributed by atoms with van der Waals surface area (Å²) in [6.45, 7) is 0. The summed E-state index contributed by atoms with van der Waals surface area (Å²) in [5.41, 5.74) is 11.6. The van der Waals surface area contributed by atoms with Gasteiger partial charge in [-0.25, -0.2) is 15.0 Å². The van der Waals surface area contributed by atoms with Crippen molar-refractivity contribution in [1.82, 2.24) is 15.0 Å². The first kappa shape index (κ1) is 27.0. The van der Waals surface area contributed by atoms with E-state index in [2.05, 4.69) is 97.1 Å². The van der Waals surface area contributed by atoms with Crippen molar-refractivity contribution < 1.29 is 4.42 Å². The van der Waals surface area contributed by atoms with Crippen LogP contribution in [0.15, 0.2) is 168 Å². The van der Waals surface area contributed by atoms with Gasteiger partial charge >= 0.3 is 0 Å². The fraction of sp³-hybridized carbons (Fsp3) is 0. The number of furan rings is 1. The molecule has 0 saturated heterocycles. The van der Waals surface area contributed by atoms with Gasteiger partial charge in [-0.3, -0.25) is 0 Å². The molecule has 220 valence electrons. The average Bonchev–Trinajstić information content (AvgIpc) is 3.55. The Labute approximate surface area is 271 Å². The van der Waals surface area contributed by atoms with Crippen LogP contribution < -0.4 is 0 Å². The molecule has 0 spiro atoms. The Morgan fingerprint density at radius 2 is 0.936 bits per heavy atom. The van der Waals surface area contributed by atoms with Gasteiger partial charge in [-0.15, -0.1) is 0 Å². The second kappa shape index (κ2) is 11.2. The van der Waals surface area contributed by atoms with Crippen molar-refractivity contribution in [2.45, 2.75) is 0 Å². The smallest absolute Gasteiger partial charge is 0.160 e. The van der Waals surface area contributed by atoms with Crippen LogP contribution >= 0.6 is 0 Å². The first-order chi connectivity index (χ1) is 23.3. The first-order valence-corrected chi connectivity index (χ1v) is 15.7. The molecule has 3 aromatic heterocycles. The summed E-state index contributed by atoms with van der Waals surface area (Å²) in [5.74, 6) is 0.698. The average molecular weight is 602 g/mol. The predicted molar refractivity (Wildman–Crippen MR) is 192 cm³/mol. The molecule has 0 bridgehead atoms. The van der Waals surface area contributed by atoms with Crippen molar-refractivity contribution in [3.8, 4) is 56.3 Å². The first-order valence-electron chi connectivity index (χ1n) is 15.7. The fourth-order valence-electron chi connectivity index (χ4n) is 6.35. The normalized spacial score (nSPS) is 11.4. The summed E-state index contributed by atoms with van der Waals surface area (Å²) in [6, 6.07) is 56.0. The number of aromatic nitrogens is 3. The zero-order chi connectivity index (χ0) is 31.2. The summed E-state index contributed by atoms with van der Waals surface area (Å²) in [7, 11) is 0. The lowest BCUT2D eigenvalue weighted by molar-refractivity contribution is 0.672. The largest absolute Gasteiger partial charge is 0.455 e. The molecule has 0 saturated carbocycles. The minimum atomic E-state index is 0.698. The molecule has 0 fully saturated rings. The Balaban J connectivity index is 1.19. The van der Waals surface area contributed by atoms with E-state index in [0.29, 0.717) is 5.82 Å². The third-order valence-corrected chi connectivity index (χ3v) is 8.69. The van der Waals surface area contributed by atoms with Gasteiger partial charge in [-0.2, -0.15) is 0 Å². The van der Waals surface area contributed by atoms with Gasteiger partial charge in [0.1, 0.15) is 11.2 Å². The Hall–Kier alpha value is -6.39. The molecular weight excluding hydrogens is 574 g/mol. The maximum atomic E-state index is 6.57. The number of benzene rings is 6. The summed E-state index contributed by atoms with van der Waals surface area (Å²) >= 11 is 0. The number of nitrogens with zero attached hydrogens (tertiary/aromatic N) is 3. The summed E-state index contributed by atoms with van der Waals surface area (Å²) in [4.78, 5) is 15.2. The molecule has 0 radical (unpaired) electrons. The van der Waals surface area contributed by atoms with Crippen LogP contribution in [0.3, 0.4) is 0 Å². The molecule has 0 aliphatic rings. The van der Waals surface area contributed by atoms with E-state index in [-0.39, 0.29) is 0 Å². The minimum Gasteiger partial charge on any atom is -0.455 e. The van der Waals surface area contributed by atoms with Crippen molar-refractivity contribution in [2.75, 3.05) is 0 Å². The Bertz CT molecular complexity index is 2480. The van der Waals surface area contributed by atoms with E-state index in [4.69, 9.17) is 19.4 Å². The number of para-hydroxylation sites is 1. The Morgan fingerprint density at radius 3 is 1.64 bits per heavy atom. The lowest BCUT2D eigenvalue weighted by Gasteiger charge is -2.11. The zero-order valence-electron chi connectivity index (χ0n) is 25.3. The van der Waals surface area contributed by atoms with Crippen LogP contribution in [0.5, 0.6) is 0 Å². The highest BCUT2D eigenvalue weighted by Crippen LogP contribution is 2.41. The number of rotatable bonds is 5. The zero-order valence-corrected chi connectivity index (χ0v) is 25.3. The molecule has 4 nitrogen and oxygen atoms in total. The topological polar surface area (TPSA) is 51.8 Å². The van der Waals surface area contributed by atoms with Crippen LogP contribution in [0.4, 0.5) is 0 Å². The lowest BCUT2D eigenvalue weighted by atomic mass is 9.98.